The lowest BCUT2D eigenvalue weighted by Crippen LogP contribution is -2.15. The maximum Gasteiger partial charge on any atom is 0.224 e. The first kappa shape index (κ1) is 13.0. The summed E-state index contributed by atoms with van der Waals surface area (Å²) in [4.78, 5) is 11.6. The number of halogens is 1. The molecular formula is C12H17BrN2O. The van der Waals surface area contributed by atoms with Crippen molar-refractivity contribution in [2.45, 2.75) is 27.2 Å². The third-order valence-corrected chi connectivity index (χ3v) is 2.79. The first-order chi connectivity index (χ1) is 7.40. The molecule has 3 N–H and O–H groups in total. The molecule has 0 aliphatic heterocycles. The van der Waals surface area contributed by atoms with Crippen molar-refractivity contribution in [3.8, 4) is 0 Å². The number of benzene rings is 1. The molecule has 4 heteroatoms. The Bertz CT molecular complexity index is 379. The maximum atomic E-state index is 11.6. The molecule has 0 aliphatic rings. The van der Waals surface area contributed by atoms with Crippen LogP contribution < -0.4 is 11.1 Å². The zero-order valence-corrected chi connectivity index (χ0v) is 11.4. The minimum Gasteiger partial charge on any atom is -0.399 e. The molecule has 0 atom stereocenters. The normalized spacial score (nSPS) is 10.6. The van der Waals surface area contributed by atoms with Gasteiger partial charge < -0.3 is 11.1 Å². The number of anilines is 2. The average molecular weight is 285 g/mol. The first-order valence-electron chi connectivity index (χ1n) is 5.25. The molecule has 1 aromatic carbocycles. The summed E-state index contributed by atoms with van der Waals surface area (Å²) in [5.74, 6) is 0.386. The van der Waals surface area contributed by atoms with Crippen molar-refractivity contribution >= 4 is 33.2 Å². The second-order valence-corrected chi connectivity index (χ2v) is 5.20. The number of rotatable bonds is 3. The first-order valence-corrected chi connectivity index (χ1v) is 6.05. The quantitative estimate of drug-likeness (QED) is 0.837. The molecule has 0 saturated carbocycles. The van der Waals surface area contributed by atoms with Gasteiger partial charge in [0.25, 0.3) is 0 Å². The van der Waals surface area contributed by atoms with E-state index in [-0.39, 0.29) is 5.91 Å². The molecule has 1 rings (SSSR count). The van der Waals surface area contributed by atoms with E-state index >= 15 is 0 Å². The largest absolute Gasteiger partial charge is 0.399 e. The zero-order valence-electron chi connectivity index (χ0n) is 9.80. The van der Waals surface area contributed by atoms with Gasteiger partial charge in [-0.3, -0.25) is 4.79 Å². The zero-order chi connectivity index (χ0) is 12.3. The van der Waals surface area contributed by atoms with Crippen molar-refractivity contribution < 1.29 is 4.79 Å². The van der Waals surface area contributed by atoms with Crippen LogP contribution in [-0.4, -0.2) is 5.91 Å². The Hall–Kier alpha value is -1.03. The summed E-state index contributed by atoms with van der Waals surface area (Å²) in [5, 5.41) is 2.90. The second kappa shape index (κ2) is 5.34. The molecule has 0 aliphatic carbocycles. The van der Waals surface area contributed by atoms with E-state index < -0.39 is 0 Å². The molecular weight excluding hydrogens is 268 g/mol. The highest BCUT2D eigenvalue weighted by molar-refractivity contribution is 9.10. The van der Waals surface area contributed by atoms with Gasteiger partial charge in [-0.2, -0.15) is 0 Å². The van der Waals surface area contributed by atoms with E-state index in [1.807, 2.05) is 26.8 Å². The van der Waals surface area contributed by atoms with Gasteiger partial charge in [-0.05, 0) is 46.5 Å². The highest BCUT2D eigenvalue weighted by Gasteiger charge is 2.10. The molecule has 3 nitrogen and oxygen atoms in total. The lowest BCUT2D eigenvalue weighted by Gasteiger charge is -2.12. The maximum absolute atomic E-state index is 11.6. The number of carbonyl (C=O) groups excluding carboxylic acids is 1. The fraction of sp³-hybridized carbons (Fsp3) is 0.417. The lowest BCUT2D eigenvalue weighted by molar-refractivity contribution is -0.116. The van der Waals surface area contributed by atoms with Gasteiger partial charge in [0.05, 0.1) is 5.69 Å². The SMILES string of the molecule is Cc1cc(N)cc(Br)c1NC(=O)CC(C)C. The molecule has 1 aromatic rings. The fourth-order valence-corrected chi connectivity index (χ4v) is 2.17. The van der Waals surface area contributed by atoms with Crippen molar-refractivity contribution in [1.82, 2.24) is 0 Å². The standard InChI is InChI=1S/C12H17BrN2O/c1-7(2)4-11(16)15-12-8(3)5-9(14)6-10(12)13/h5-7H,4,14H2,1-3H3,(H,15,16). The lowest BCUT2D eigenvalue weighted by atomic mass is 10.1. The Morgan fingerprint density at radius 3 is 2.62 bits per heavy atom. The predicted octanol–water partition coefficient (Wildman–Crippen LogP) is 3.32. The molecule has 1 amide bonds. The molecule has 0 saturated heterocycles. The summed E-state index contributed by atoms with van der Waals surface area (Å²) in [6.07, 6.45) is 0.524. The van der Waals surface area contributed by atoms with E-state index in [9.17, 15) is 4.79 Å². The van der Waals surface area contributed by atoms with Crippen molar-refractivity contribution in [2.75, 3.05) is 11.1 Å². The fourth-order valence-electron chi connectivity index (χ4n) is 1.49. The van der Waals surface area contributed by atoms with Crippen molar-refractivity contribution in [3.63, 3.8) is 0 Å². The van der Waals surface area contributed by atoms with Crippen molar-refractivity contribution in [1.29, 1.82) is 0 Å². The summed E-state index contributed by atoms with van der Waals surface area (Å²) < 4.78 is 0.821. The second-order valence-electron chi connectivity index (χ2n) is 4.34. The smallest absolute Gasteiger partial charge is 0.224 e. The Kier molecular flexibility index (Phi) is 4.35. The van der Waals surface area contributed by atoms with Crippen LogP contribution in [0.1, 0.15) is 25.8 Å². The van der Waals surface area contributed by atoms with Crippen LogP contribution in [0.25, 0.3) is 0 Å². The number of nitrogens with one attached hydrogen (secondary N) is 1. The van der Waals surface area contributed by atoms with Crippen LogP contribution in [0.5, 0.6) is 0 Å². The van der Waals surface area contributed by atoms with E-state index in [2.05, 4.69) is 21.2 Å². The molecule has 0 unspecified atom stereocenters. The third-order valence-electron chi connectivity index (χ3n) is 2.17. The van der Waals surface area contributed by atoms with Gasteiger partial charge in [0, 0.05) is 16.6 Å². The Labute approximate surface area is 105 Å². The number of amides is 1. The molecule has 0 radical (unpaired) electrons. The van der Waals surface area contributed by atoms with Gasteiger partial charge in [0.15, 0.2) is 0 Å². The molecule has 0 fully saturated rings. The van der Waals surface area contributed by atoms with Gasteiger partial charge in [0.1, 0.15) is 0 Å². The van der Waals surface area contributed by atoms with Crippen LogP contribution in [0.3, 0.4) is 0 Å². The molecule has 88 valence electrons. The van der Waals surface area contributed by atoms with Gasteiger partial charge in [-0.15, -0.1) is 0 Å². The monoisotopic (exact) mass is 284 g/mol. The van der Waals surface area contributed by atoms with E-state index in [1.165, 1.54) is 0 Å². The Morgan fingerprint density at radius 2 is 2.12 bits per heavy atom. The van der Waals surface area contributed by atoms with Crippen LogP contribution in [0, 0.1) is 12.8 Å². The van der Waals surface area contributed by atoms with Gasteiger partial charge in [-0.25, -0.2) is 0 Å². The number of nitrogens with two attached hydrogens (primary N) is 1. The van der Waals surface area contributed by atoms with Crippen LogP contribution in [-0.2, 0) is 4.79 Å². The average Bonchev–Trinajstić information content (AvgIpc) is 2.09. The number of nitrogen functional groups attached to an aromatic ring is 1. The van der Waals surface area contributed by atoms with Crippen LogP contribution >= 0.6 is 15.9 Å². The van der Waals surface area contributed by atoms with Gasteiger partial charge in [0.2, 0.25) is 5.91 Å². The highest BCUT2D eigenvalue weighted by atomic mass is 79.9. The molecule has 16 heavy (non-hydrogen) atoms. The summed E-state index contributed by atoms with van der Waals surface area (Å²) >= 11 is 3.40. The topological polar surface area (TPSA) is 55.1 Å². The number of aryl methyl sites for hydroxylation is 1. The summed E-state index contributed by atoms with van der Waals surface area (Å²) in [5.41, 5.74) is 8.15. The molecule has 0 heterocycles. The number of carbonyl (C=O) groups is 1. The van der Waals surface area contributed by atoms with Crippen LogP contribution in [0.2, 0.25) is 0 Å². The van der Waals surface area contributed by atoms with E-state index in [1.54, 1.807) is 6.07 Å². The molecule has 0 spiro atoms. The summed E-state index contributed by atoms with van der Waals surface area (Å²) in [7, 11) is 0. The summed E-state index contributed by atoms with van der Waals surface area (Å²) in [6, 6.07) is 3.63. The number of hydrogen-bond donors (Lipinski definition) is 2. The Balaban J connectivity index is 2.85. The van der Waals surface area contributed by atoms with Gasteiger partial charge in [-0.1, -0.05) is 13.8 Å². The summed E-state index contributed by atoms with van der Waals surface area (Å²) in [6.45, 7) is 5.96. The van der Waals surface area contributed by atoms with E-state index in [0.717, 1.165) is 15.7 Å². The van der Waals surface area contributed by atoms with Crippen LogP contribution in [0.4, 0.5) is 11.4 Å². The number of hydrogen-bond acceptors (Lipinski definition) is 2. The van der Waals surface area contributed by atoms with E-state index in [4.69, 9.17) is 5.73 Å². The highest BCUT2D eigenvalue weighted by Crippen LogP contribution is 2.29. The third kappa shape index (κ3) is 3.52. The van der Waals surface area contributed by atoms with Crippen LogP contribution in [0.15, 0.2) is 16.6 Å². The van der Waals surface area contributed by atoms with Crippen molar-refractivity contribution in [3.05, 3.63) is 22.2 Å². The minimum absolute atomic E-state index is 0.0311. The molecule has 0 bridgehead atoms. The molecule has 0 aromatic heterocycles. The van der Waals surface area contributed by atoms with E-state index in [0.29, 0.717) is 18.0 Å². The van der Waals surface area contributed by atoms with Crippen molar-refractivity contribution in [2.24, 2.45) is 5.92 Å². The predicted molar refractivity (Wildman–Crippen MR) is 71.4 cm³/mol. The van der Waals surface area contributed by atoms with Gasteiger partial charge >= 0.3 is 0 Å². The Morgan fingerprint density at radius 1 is 1.50 bits per heavy atom. The minimum atomic E-state index is 0.0311.